The summed E-state index contributed by atoms with van der Waals surface area (Å²) < 4.78 is -0.904. The molecule has 1 saturated carbocycles. The molecule has 2 nitrogen and oxygen atoms in total. The second kappa shape index (κ2) is 4.42. The first-order valence-electron chi connectivity index (χ1n) is 6.44. The summed E-state index contributed by atoms with van der Waals surface area (Å²) in [6.07, 6.45) is 5.69. The van der Waals surface area contributed by atoms with Crippen LogP contribution in [0.1, 0.15) is 40.0 Å². The van der Waals surface area contributed by atoms with Crippen LogP contribution in [0.2, 0.25) is 0 Å². The Morgan fingerprint density at radius 1 is 1.33 bits per heavy atom. The highest BCUT2D eigenvalue weighted by Gasteiger charge is 2.78. The lowest BCUT2D eigenvalue weighted by Gasteiger charge is -2.48. The van der Waals surface area contributed by atoms with Crippen molar-refractivity contribution in [2.45, 2.75) is 50.1 Å². The molecule has 2 aliphatic rings. The molecule has 18 heavy (non-hydrogen) atoms. The molecule has 0 radical (unpaired) electrons. The van der Waals surface area contributed by atoms with Crippen LogP contribution in [0.4, 0.5) is 0 Å². The van der Waals surface area contributed by atoms with E-state index in [2.05, 4.69) is 20.1 Å². The minimum absolute atomic E-state index is 0.00637. The van der Waals surface area contributed by atoms with E-state index in [9.17, 15) is 0 Å². The third-order valence-electron chi connectivity index (χ3n) is 5.02. The molecule has 1 aliphatic carbocycles. The van der Waals surface area contributed by atoms with Crippen molar-refractivity contribution in [1.29, 1.82) is 0 Å². The minimum Gasteiger partial charge on any atom is -0.268 e. The summed E-state index contributed by atoms with van der Waals surface area (Å²) in [5.74, 6) is 1.03. The van der Waals surface area contributed by atoms with E-state index < -0.39 is 10.1 Å². The standard InChI is InChI=1S/C13H23Cl2NOS/c1-10(2)7-6-8-12(10,9-18-5)13(11(3,14)15)16(4)17-13/h6-9H2,1-5H3. The van der Waals surface area contributed by atoms with Gasteiger partial charge in [0.1, 0.15) is 0 Å². The Labute approximate surface area is 125 Å². The molecular formula is C13H23Cl2NOS. The van der Waals surface area contributed by atoms with Crippen molar-refractivity contribution in [3.8, 4) is 0 Å². The average Bonchev–Trinajstić information content (AvgIpc) is 2.80. The number of thioether (sulfide) groups is 1. The fourth-order valence-corrected chi connectivity index (χ4v) is 5.89. The Balaban J connectivity index is 2.49. The summed E-state index contributed by atoms with van der Waals surface area (Å²) in [4.78, 5) is 5.90. The minimum atomic E-state index is -0.904. The van der Waals surface area contributed by atoms with Gasteiger partial charge < -0.3 is 0 Å². The monoisotopic (exact) mass is 311 g/mol. The van der Waals surface area contributed by atoms with E-state index in [-0.39, 0.29) is 10.8 Å². The maximum absolute atomic E-state index is 6.50. The first-order valence-corrected chi connectivity index (χ1v) is 8.59. The van der Waals surface area contributed by atoms with E-state index in [1.54, 1.807) is 0 Å². The molecule has 3 unspecified atom stereocenters. The van der Waals surface area contributed by atoms with Crippen molar-refractivity contribution in [2.24, 2.45) is 10.8 Å². The van der Waals surface area contributed by atoms with Crippen LogP contribution in [-0.4, -0.2) is 34.2 Å². The number of hydrogen-bond acceptors (Lipinski definition) is 3. The molecule has 0 amide bonds. The van der Waals surface area contributed by atoms with Gasteiger partial charge in [-0.05, 0) is 31.4 Å². The van der Waals surface area contributed by atoms with Crippen LogP contribution in [0.15, 0.2) is 0 Å². The smallest absolute Gasteiger partial charge is 0.203 e. The van der Waals surface area contributed by atoms with Gasteiger partial charge in [-0.25, -0.2) is 0 Å². The van der Waals surface area contributed by atoms with Crippen LogP contribution in [-0.2, 0) is 4.84 Å². The molecule has 0 aromatic carbocycles. The third-order valence-corrected chi connectivity index (χ3v) is 6.31. The third kappa shape index (κ3) is 1.77. The lowest BCUT2D eigenvalue weighted by molar-refractivity contribution is 0.0202. The first-order chi connectivity index (χ1) is 8.15. The second-order valence-corrected chi connectivity index (χ2v) is 8.95. The van der Waals surface area contributed by atoms with Crippen LogP contribution in [0, 0.1) is 10.8 Å². The molecule has 1 heterocycles. The van der Waals surface area contributed by atoms with Gasteiger partial charge in [-0.15, -0.1) is 0 Å². The van der Waals surface area contributed by atoms with E-state index in [4.69, 9.17) is 28.0 Å². The van der Waals surface area contributed by atoms with E-state index in [1.807, 2.05) is 30.8 Å². The zero-order chi connectivity index (χ0) is 13.8. The van der Waals surface area contributed by atoms with Crippen molar-refractivity contribution < 1.29 is 4.84 Å². The molecule has 2 fully saturated rings. The molecule has 0 bridgehead atoms. The Hall–Kier alpha value is 0.850. The van der Waals surface area contributed by atoms with Crippen LogP contribution in [0.3, 0.4) is 0 Å². The SMILES string of the molecule is CSCC1(C2(C(C)(Cl)Cl)ON2C)CCCC1(C)C. The van der Waals surface area contributed by atoms with Crippen molar-refractivity contribution in [2.75, 3.05) is 19.1 Å². The lowest BCUT2D eigenvalue weighted by atomic mass is 9.62. The Bertz CT molecular complexity index is 344. The Morgan fingerprint density at radius 2 is 1.89 bits per heavy atom. The summed E-state index contributed by atoms with van der Waals surface area (Å²) in [7, 11) is 1.94. The van der Waals surface area contributed by atoms with Gasteiger partial charge in [0.05, 0.1) is 0 Å². The zero-order valence-corrected chi connectivity index (χ0v) is 14.2. The fourth-order valence-electron chi connectivity index (χ4n) is 3.99. The van der Waals surface area contributed by atoms with Gasteiger partial charge in [0.2, 0.25) is 5.72 Å². The number of halogens is 2. The fraction of sp³-hybridized carbons (Fsp3) is 1.00. The first kappa shape index (κ1) is 15.2. The molecule has 0 spiro atoms. The van der Waals surface area contributed by atoms with Gasteiger partial charge in [-0.1, -0.05) is 43.5 Å². The Kier molecular flexibility index (Phi) is 3.75. The summed E-state index contributed by atoms with van der Waals surface area (Å²) in [5, 5.41) is 1.87. The topological polar surface area (TPSA) is 15.5 Å². The molecule has 1 aliphatic heterocycles. The molecule has 3 atom stereocenters. The molecule has 0 aromatic rings. The predicted octanol–water partition coefficient (Wildman–Crippen LogP) is 4.31. The average molecular weight is 312 g/mol. The number of hydrogen-bond donors (Lipinski definition) is 0. The van der Waals surface area contributed by atoms with E-state index in [0.717, 1.165) is 12.2 Å². The highest BCUT2D eigenvalue weighted by molar-refractivity contribution is 7.98. The highest BCUT2D eigenvalue weighted by atomic mass is 35.5. The van der Waals surface area contributed by atoms with Gasteiger partial charge in [-0.3, -0.25) is 4.84 Å². The van der Waals surface area contributed by atoms with Gasteiger partial charge in [0.25, 0.3) is 0 Å². The zero-order valence-electron chi connectivity index (χ0n) is 11.8. The van der Waals surface area contributed by atoms with Gasteiger partial charge in [0.15, 0.2) is 4.33 Å². The number of alkyl halides is 2. The molecular weight excluding hydrogens is 289 g/mol. The van der Waals surface area contributed by atoms with E-state index >= 15 is 0 Å². The van der Waals surface area contributed by atoms with Crippen LogP contribution in [0.25, 0.3) is 0 Å². The maximum atomic E-state index is 6.50. The number of nitrogens with zero attached hydrogens (tertiary/aromatic N) is 1. The lowest BCUT2D eigenvalue weighted by Crippen LogP contribution is -2.57. The van der Waals surface area contributed by atoms with Crippen molar-refractivity contribution >= 4 is 35.0 Å². The number of hydroxylamine groups is 2. The maximum Gasteiger partial charge on any atom is 0.203 e. The molecule has 0 N–H and O–H groups in total. The van der Waals surface area contributed by atoms with Crippen molar-refractivity contribution in [1.82, 2.24) is 5.06 Å². The number of rotatable bonds is 4. The molecule has 5 heteroatoms. The van der Waals surface area contributed by atoms with Crippen LogP contribution >= 0.6 is 35.0 Å². The summed E-state index contributed by atoms with van der Waals surface area (Å²) in [6.45, 7) is 6.51. The largest absolute Gasteiger partial charge is 0.268 e. The van der Waals surface area contributed by atoms with Crippen LogP contribution < -0.4 is 0 Å². The van der Waals surface area contributed by atoms with Gasteiger partial charge in [-0.2, -0.15) is 16.8 Å². The van der Waals surface area contributed by atoms with Gasteiger partial charge >= 0.3 is 0 Å². The van der Waals surface area contributed by atoms with Gasteiger partial charge in [0, 0.05) is 18.2 Å². The Morgan fingerprint density at radius 3 is 2.17 bits per heavy atom. The normalized spacial score (nSPS) is 43.2. The molecule has 106 valence electrons. The summed E-state index contributed by atoms with van der Waals surface area (Å²) >= 11 is 14.9. The highest BCUT2D eigenvalue weighted by Crippen LogP contribution is 2.70. The van der Waals surface area contributed by atoms with E-state index in [0.29, 0.717) is 0 Å². The summed E-state index contributed by atoms with van der Waals surface area (Å²) in [5.41, 5.74) is -0.357. The second-order valence-electron chi connectivity index (χ2n) is 6.37. The van der Waals surface area contributed by atoms with E-state index in [1.165, 1.54) is 12.8 Å². The van der Waals surface area contributed by atoms with Crippen LogP contribution in [0.5, 0.6) is 0 Å². The van der Waals surface area contributed by atoms with Crippen molar-refractivity contribution in [3.05, 3.63) is 0 Å². The molecule has 0 aromatic heterocycles. The quantitative estimate of drug-likeness (QED) is 0.568. The van der Waals surface area contributed by atoms with Crippen molar-refractivity contribution in [3.63, 3.8) is 0 Å². The molecule has 1 saturated heterocycles. The predicted molar refractivity (Wildman–Crippen MR) is 80.1 cm³/mol. The summed E-state index contributed by atoms with van der Waals surface area (Å²) in [6, 6.07) is 0. The molecule has 2 rings (SSSR count).